The summed E-state index contributed by atoms with van der Waals surface area (Å²) < 4.78 is 5.43. The van der Waals surface area contributed by atoms with Crippen LogP contribution in [0.25, 0.3) is 0 Å². The van der Waals surface area contributed by atoms with Crippen LogP contribution in [0.4, 0.5) is 11.4 Å². The fourth-order valence-electron chi connectivity index (χ4n) is 3.09. The summed E-state index contributed by atoms with van der Waals surface area (Å²) in [5.74, 6) is -1.24. The van der Waals surface area contributed by atoms with Crippen molar-refractivity contribution in [3.8, 4) is 6.07 Å². The monoisotopic (exact) mass is 473 g/mol. The summed E-state index contributed by atoms with van der Waals surface area (Å²) in [4.78, 5) is 39.9. The van der Waals surface area contributed by atoms with Crippen LogP contribution in [0.3, 0.4) is 0 Å². The van der Waals surface area contributed by atoms with Gasteiger partial charge in [0.05, 0.1) is 22.9 Å². The summed E-state index contributed by atoms with van der Waals surface area (Å²) in [6.45, 7) is 1.53. The van der Waals surface area contributed by atoms with Gasteiger partial charge < -0.3 is 15.0 Å². The van der Waals surface area contributed by atoms with Crippen molar-refractivity contribution in [1.29, 1.82) is 5.26 Å². The lowest BCUT2D eigenvalue weighted by Crippen LogP contribution is -2.37. The number of hydrogen-bond acceptors (Lipinski definition) is 6. The summed E-state index contributed by atoms with van der Waals surface area (Å²) in [7, 11) is 1.62. The molecule has 0 fully saturated rings. The lowest BCUT2D eigenvalue weighted by Gasteiger charge is -2.22. The molecule has 7 nitrogen and oxygen atoms in total. The first kappa shape index (κ1) is 24.6. The van der Waals surface area contributed by atoms with Crippen LogP contribution in [0.1, 0.15) is 22.8 Å². The van der Waals surface area contributed by atoms with Crippen LogP contribution in [0.15, 0.2) is 83.8 Å². The Bertz CT molecular complexity index is 1220. The molecule has 1 N–H and O–H groups in total. The van der Waals surface area contributed by atoms with E-state index in [1.807, 2.05) is 24.3 Å². The van der Waals surface area contributed by atoms with Gasteiger partial charge in [-0.1, -0.05) is 36.4 Å². The van der Waals surface area contributed by atoms with Crippen molar-refractivity contribution in [2.24, 2.45) is 0 Å². The van der Waals surface area contributed by atoms with Gasteiger partial charge in [0.1, 0.15) is 0 Å². The molecule has 34 heavy (non-hydrogen) atoms. The van der Waals surface area contributed by atoms with Crippen LogP contribution in [-0.2, 0) is 14.3 Å². The third-order valence-corrected chi connectivity index (χ3v) is 5.92. The van der Waals surface area contributed by atoms with Gasteiger partial charge in [-0.2, -0.15) is 5.26 Å². The zero-order chi connectivity index (χ0) is 24.5. The molecule has 0 saturated carbocycles. The smallest absolute Gasteiger partial charge is 0.340 e. The molecule has 0 aromatic heterocycles. The van der Waals surface area contributed by atoms with Crippen molar-refractivity contribution >= 4 is 40.9 Å². The Morgan fingerprint density at radius 2 is 1.74 bits per heavy atom. The van der Waals surface area contributed by atoms with Crippen LogP contribution in [0, 0.1) is 11.3 Å². The molecule has 3 aromatic carbocycles. The average molecular weight is 474 g/mol. The molecule has 172 valence electrons. The number of hydrogen-bond donors (Lipinski definition) is 1. The third-order valence-electron chi connectivity index (χ3n) is 4.85. The maximum atomic E-state index is 12.8. The molecule has 2 amide bonds. The van der Waals surface area contributed by atoms with E-state index in [-0.39, 0.29) is 23.1 Å². The van der Waals surface area contributed by atoms with Gasteiger partial charge in [0, 0.05) is 23.3 Å². The maximum Gasteiger partial charge on any atom is 0.340 e. The molecule has 0 heterocycles. The number of anilines is 2. The van der Waals surface area contributed by atoms with Crippen LogP contribution in [-0.4, -0.2) is 36.7 Å². The Kier molecular flexibility index (Phi) is 8.43. The van der Waals surface area contributed by atoms with Crippen LogP contribution in [0.5, 0.6) is 0 Å². The Hall–Kier alpha value is -4.09. The van der Waals surface area contributed by atoms with E-state index in [2.05, 4.69) is 5.32 Å². The SMILES string of the molecule is CC(OC(=O)c1ccccc1SCC(=O)Nc1cccc(C#N)c1)C(=O)N(C)c1ccccc1. The van der Waals surface area contributed by atoms with Crippen molar-refractivity contribution in [2.75, 3.05) is 23.0 Å². The fraction of sp³-hybridized carbons (Fsp3) is 0.154. The van der Waals surface area contributed by atoms with E-state index in [0.29, 0.717) is 21.8 Å². The number of ether oxygens (including phenoxy) is 1. The summed E-state index contributed by atoms with van der Waals surface area (Å²) in [5, 5.41) is 11.7. The molecule has 8 heteroatoms. The van der Waals surface area contributed by atoms with Gasteiger partial charge in [-0.05, 0) is 49.4 Å². The quantitative estimate of drug-likeness (QED) is 0.382. The number of nitrogens with one attached hydrogen (secondary N) is 1. The highest BCUT2D eigenvalue weighted by Gasteiger charge is 2.24. The number of rotatable bonds is 8. The normalized spacial score (nSPS) is 11.1. The van der Waals surface area contributed by atoms with Gasteiger partial charge in [0.2, 0.25) is 5.91 Å². The maximum absolute atomic E-state index is 12.8. The largest absolute Gasteiger partial charge is 0.449 e. The number of carbonyl (C=O) groups excluding carboxylic acids is 3. The van der Waals surface area contributed by atoms with Crippen molar-refractivity contribution in [2.45, 2.75) is 17.9 Å². The first-order chi connectivity index (χ1) is 16.4. The molecule has 0 bridgehead atoms. The summed E-state index contributed by atoms with van der Waals surface area (Å²) >= 11 is 1.18. The molecule has 0 spiro atoms. The average Bonchev–Trinajstić information content (AvgIpc) is 2.87. The summed E-state index contributed by atoms with van der Waals surface area (Å²) in [6, 6.07) is 24.5. The van der Waals surface area contributed by atoms with Crippen LogP contribution in [0.2, 0.25) is 0 Å². The molecule has 0 aliphatic heterocycles. The van der Waals surface area contributed by atoms with E-state index in [9.17, 15) is 14.4 Å². The third kappa shape index (κ3) is 6.47. The minimum absolute atomic E-state index is 0.0479. The molecule has 3 aromatic rings. The highest BCUT2D eigenvalue weighted by molar-refractivity contribution is 8.00. The van der Waals surface area contributed by atoms with E-state index in [1.54, 1.807) is 67.7 Å². The lowest BCUT2D eigenvalue weighted by atomic mass is 10.2. The van der Waals surface area contributed by atoms with Crippen molar-refractivity contribution in [3.05, 3.63) is 90.0 Å². The second-order valence-electron chi connectivity index (χ2n) is 7.31. The van der Waals surface area contributed by atoms with Crippen molar-refractivity contribution in [3.63, 3.8) is 0 Å². The number of thioether (sulfide) groups is 1. The van der Waals surface area contributed by atoms with Gasteiger partial charge in [-0.3, -0.25) is 9.59 Å². The van der Waals surface area contributed by atoms with Crippen molar-refractivity contribution < 1.29 is 19.1 Å². The van der Waals surface area contributed by atoms with E-state index in [0.717, 1.165) is 0 Å². The van der Waals surface area contributed by atoms with Gasteiger partial charge in [0.25, 0.3) is 5.91 Å². The molecule has 1 atom stereocenters. The Balaban J connectivity index is 1.61. The highest BCUT2D eigenvalue weighted by Crippen LogP contribution is 2.24. The number of carbonyl (C=O) groups is 3. The molecular formula is C26H23N3O4S. The molecule has 0 aliphatic carbocycles. The molecule has 1 unspecified atom stereocenters. The number of likely N-dealkylation sites (N-methyl/N-ethyl adjacent to an activating group) is 1. The number of benzene rings is 3. The molecule has 0 aliphatic rings. The van der Waals surface area contributed by atoms with Gasteiger partial charge in [0.15, 0.2) is 6.10 Å². The lowest BCUT2D eigenvalue weighted by molar-refractivity contribution is -0.126. The number of amides is 2. The topological polar surface area (TPSA) is 99.5 Å². The van der Waals surface area contributed by atoms with Gasteiger partial charge in [-0.25, -0.2) is 4.79 Å². The van der Waals surface area contributed by atoms with E-state index in [4.69, 9.17) is 10.00 Å². The first-order valence-electron chi connectivity index (χ1n) is 10.4. The number of para-hydroxylation sites is 1. The van der Waals surface area contributed by atoms with Crippen LogP contribution < -0.4 is 10.2 Å². The minimum Gasteiger partial charge on any atom is -0.449 e. The minimum atomic E-state index is -0.994. The van der Waals surface area contributed by atoms with Gasteiger partial charge >= 0.3 is 5.97 Å². The number of nitriles is 1. The van der Waals surface area contributed by atoms with E-state index in [1.165, 1.54) is 23.6 Å². The predicted octanol–water partition coefficient (Wildman–Crippen LogP) is 4.50. The Morgan fingerprint density at radius 1 is 1.03 bits per heavy atom. The summed E-state index contributed by atoms with van der Waals surface area (Å²) in [6.07, 6.45) is -0.994. The second-order valence-corrected chi connectivity index (χ2v) is 8.32. The Morgan fingerprint density at radius 3 is 2.47 bits per heavy atom. The predicted molar refractivity (Wildman–Crippen MR) is 132 cm³/mol. The first-order valence-corrected chi connectivity index (χ1v) is 11.4. The van der Waals surface area contributed by atoms with Crippen LogP contribution >= 0.6 is 11.8 Å². The molecule has 3 rings (SSSR count). The standard InChI is InChI=1S/C26H23N3O4S/c1-18(25(31)29(2)21-11-4-3-5-12-21)33-26(32)22-13-6-7-14-23(22)34-17-24(30)28-20-10-8-9-19(15-20)16-27/h3-15,18H,17H2,1-2H3,(H,28,30). The molecule has 0 saturated heterocycles. The fourth-order valence-corrected chi connectivity index (χ4v) is 3.93. The molecular weight excluding hydrogens is 450 g/mol. The molecule has 0 radical (unpaired) electrons. The zero-order valence-electron chi connectivity index (χ0n) is 18.7. The number of nitrogens with zero attached hydrogens (tertiary/aromatic N) is 2. The van der Waals surface area contributed by atoms with E-state index < -0.39 is 12.1 Å². The number of esters is 1. The zero-order valence-corrected chi connectivity index (χ0v) is 19.5. The van der Waals surface area contributed by atoms with Gasteiger partial charge in [-0.15, -0.1) is 11.8 Å². The Labute approximate surface area is 202 Å². The van der Waals surface area contributed by atoms with E-state index >= 15 is 0 Å². The second kappa shape index (κ2) is 11.7. The van der Waals surface area contributed by atoms with Crippen molar-refractivity contribution in [1.82, 2.24) is 0 Å². The highest BCUT2D eigenvalue weighted by atomic mass is 32.2. The summed E-state index contributed by atoms with van der Waals surface area (Å²) in [5.41, 5.74) is 1.93.